The highest BCUT2D eigenvalue weighted by Crippen LogP contribution is 2.02. The fraction of sp³-hybridized carbons (Fsp3) is 0.222. The number of aryl methyl sites for hydroxylation is 1. The Morgan fingerprint density at radius 2 is 2.42 bits per heavy atom. The van der Waals surface area contributed by atoms with E-state index in [0.717, 1.165) is 5.69 Å². The third-order valence-electron chi connectivity index (χ3n) is 1.49. The summed E-state index contributed by atoms with van der Waals surface area (Å²) in [6, 6.07) is 3.28. The van der Waals surface area contributed by atoms with Crippen LogP contribution >= 0.6 is 0 Å². The lowest BCUT2D eigenvalue weighted by atomic mass is 10.1. The Morgan fingerprint density at radius 1 is 1.67 bits per heavy atom. The van der Waals surface area contributed by atoms with Gasteiger partial charge in [0, 0.05) is 17.5 Å². The maximum atomic E-state index is 11.1. The second kappa shape index (κ2) is 3.76. The Morgan fingerprint density at radius 3 is 3.00 bits per heavy atom. The van der Waals surface area contributed by atoms with Crippen LogP contribution in [-0.4, -0.2) is 17.1 Å². The van der Waals surface area contributed by atoms with E-state index >= 15 is 0 Å². The van der Waals surface area contributed by atoms with E-state index in [4.69, 9.17) is 0 Å². The monoisotopic (exact) mass is 163 g/mol. The molecule has 0 spiro atoms. The molecule has 1 aromatic rings. The van der Waals surface area contributed by atoms with Crippen molar-refractivity contribution < 1.29 is 9.59 Å². The van der Waals surface area contributed by atoms with E-state index in [0.29, 0.717) is 11.8 Å². The average Bonchev–Trinajstić information content (AvgIpc) is 2.05. The second-order valence-corrected chi connectivity index (χ2v) is 2.48. The van der Waals surface area contributed by atoms with Crippen molar-refractivity contribution in [2.75, 3.05) is 0 Å². The Kier molecular flexibility index (Phi) is 2.69. The molecule has 0 bridgehead atoms. The van der Waals surface area contributed by atoms with E-state index < -0.39 is 0 Å². The van der Waals surface area contributed by atoms with Crippen LogP contribution in [0.15, 0.2) is 18.3 Å². The molecule has 0 aliphatic carbocycles. The molecule has 0 N–H and O–H groups in total. The summed E-state index contributed by atoms with van der Waals surface area (Å²) >= 11 is 0. The maximum absolute atomic E-state index is 11.1. The van der Waals surface area contributed by atoms with Gasteiger partial charge in [-0.2, -0.15) is 0 Å². The van der Waals surface area contributed by atoms with Crippen LogP contribution in [0.3, 0.4) is 0 Å². The van der Waals surface area contributed by atoms with Crippen LogP contribution in [0.1, 0.15) is 22.5 Å². The summed E-state index contributed by atoms with van der Waals surface area (Å²) in [7, 11) is 0. The zero-order valence-electron chi connectivity index (χ0n) is 6.78. The first kappa shape index (κ1) is 8.59. The SMILES string of the molecule is Cc1cc(C(=O)CC=O)ccn1. The van der Waals surface area contributed by atoms with Crippen molar-refractivity contribution >= 4 is 12.1 Å². The number of aldehydes is 1. The van der Waals surface area contributed by atoms with E-state index in [1.807, 2.05) is 0 Å². The zero-order chi connectivity index (χ0) is 8.97. The van der Waals surface area contributed by atoms with Gasteiger partial charge in [-0.15, -0.1) is 0 Å². The summed E-state index contributed by atoms with van der Waals surface area (Å²) in [5.41, 5.74) is 1.33. The summed E-state index contributed by atoms with van der Waals surface area (Å²) < 4.78 is 0. The Labute approximate surface area is 70.4 Å². The fourth-order valence-electron chi connectivity index (χ4n) is 0.913. The van der Waals surface area contributed by atoms with Gasteiger partial charge in [0.2, 0.25) is 0 Å². The van der Waals surface area contributed by atoms with Crippen molar-refractivity contribution in [3.8, 4) is 0 Å². The highest BCUT2D eigenvalue weighted by Gasteiger charge is 2.03. The van der Waals surface area contributed by atoms with Gasteiger partial charge in [-0.3, -0.25) is 9.78 Å². The lowest BCUT2D eigenvalue weighted by Crippen LogP contribution is -2.00. The summed E-state index contributed by atoms with van der Waals surface area (Å²) in [6.45, 7) is 1.80. The van der Waals surface area contributed by atoms with Gasteiger partial charge in [-0.1, -0.05) is 0 Å². The van der Waals surface area contributed by atoms with Crippen LogP contribution in [0.4, 0.5) is 0 Å². The molecule has 0 amide bonds. The first-order chi connectivity index (χ1) is 5.74. The van der Waals surface area contributed by atoms with E-state index in [-0.39, 0.29) is 12.2 Å². The average molecular weight is 163 g/mol. The predicted molar refractivity (Wildman–Crippen MR) is 44.0 cm³/mol. The number of nitrogens with zero attached hydrogens (tertiary/aromatic N) is 1. The van der Waals surface area contributed by atoms with E-state index in [1.54, 1.807) is 25.3 Å². The number of pyridine rings is 1. The quantitative estimate of drug-likeness (QED) is 0.381. The highest BCUT2D eigenvalue weighted by molar-refractivity contribution is 6.02. The number of aromatic nitrogens is 1. The molecule has 0 saturated carbocycles. The van der Waals surface area contributed by atoms with Crippen LogP contribution in [0.25, 0.3) is 0 Å². The predicted octanol–water partition coefficient (Wildman–Crippen LogP) is 1.16. The topological polar surface area (TPSA) is 47.0 Å². The van der Waals surface area contributed by atoms with Crippen molar-refractivity contribution in [1.82, 2.24) is 4.98 Å². The number of Topliss-reactive ketones (excluding diaryl/α,β-unsaturated/α-hetero) is 1. The van der Waals surface area contributed by atoms with Gasteiger partial charge >= 0.3 is 0 Å². The number of carbonyl (C=O) groups excluding carboxylic acids is 2. The van der Waals surface area contributed by atoms with Crippen LogP contribution in [0.2, 0.25) is 0 Å². The Balaban J connectivity index is 2.87. The number of hydrogen-bond donors (Lipinski definition) is 0. The van der Waals surface area contributed by atoms with Crippen LogP contribution in [0, 0.1) is 6.92 Å². The number of rotatable bonds is 3. The number of ketones is 1. The third kappa shape index (κ3) is 1.99. The summed E-state index contributed by atoms with van der Waals surface area (Å²) in [4.78, 5) is 25.1. The van der Waals surface area contributed by atoms with Gasteiger partial charge in [0.05, 0.1) is 6.42 Å². The molecule has 0 atom stereocenters. The van der Waals surface area contributed by atoms with Crippen molar-refractivity contribution in [2.24, 2.45) is 0 Å². The summed E-state index contributed by atoms with van der Waals surface area (Å²) in [5.74, 6) is -0.157. The van der Waals surface area contributed by atoms with Crippen LogP contribution in [0.5, 0.6) is 0 Å². The molecule has 0 unspecified atom stereocenters. The number of hydrogen-bond acceptors (Lipinski definition) is 3. The number of carbonyl (C=O) groups is 2. The molecule has 0 fully saturated rings. The molecule has 62 valence electrons. The van der Waals surface area contributed by atoms with E-state index in [9.17, 15) is 9.59 Å². The molecule has 3 heteroatoms. The first-order valence-corrected chi connectivity index (χ1v) is 3.63. The molecule has 1 rings (SSSR count). The normalized spacial score (nSPS) is 9.42. The minimum atomic E-state index is -0.157. The molecule has 0 aliphatic rings. The van der Waals surface area contributed by atoms with E-state index in [1.165, 1.54) is 0 Å². The molecule has 1 heterocycles. The molecule has 0 radical (unpaired) electrons. The van der Waals surface area contributed by atoms with Gasteiger partial charge in [-0.05, 0) is 19.1 Å². The van der Waals surface area contributed by atoms with Crippen molar-refractivity contribution in [3.63, 3.8) is 0 Å². The molecular weight excluding hydrogens is 154 g/mol. The van der Waals surface area contributed by atoms with Crippen molar-refractivity contribution in [2.45, 2.75) is 13.3 Å². The standard InChI is InChI=1S/C9H9NO2/c1-7-6-8(2-4-10-7)9(12)3-5-11/h2,4-6H,3H2,1H3. The smallest absolute Gasteiger partial charge is 0.170 e. The van der Waals surface area contributed by atoms with Gasteiger partial charge in [-0.25, -0.2) is 0 Å². The van der Waals surface area contributed by atoms with E-state index in [2.05, 4.69) is 4.98 Å². The molecule has 12 heavy (non-hydrogen) atoms. The molecule has 0 saturated heterocycles. The maximum Gasteiger partial charge on any atom is 0.170 e. The molecule has 3 nitrogen and oxygen atoms in total. The molecular formula is C9H9NO2. The van der Waals surface area contributed by atoms with Crippen molar-refractivity contribution in [3.05, 3.63) is 29.6 Å². The first-order valence-electron chi connectivity index (χ1n) is 3.63. The fourth-order valence-corrected chi connectivity index (χ4v) is 0.913. The molecule has 1 aromatic heterocycles. The highest BCUT2D eigenvalue weighted by atomic mass is 16.1. The molecule has 0 aromatic carbocycles. The van der Waals surface area contributed by atoms with Gasteiger partial charge < -0.3 is 4.79 Å². The lowest BCUT2D eigenvalue weighted by Gasteiger charge is -1.96. The van der Waals surface area contributed by atoms with Gasteiger partial charge in [0.1, 0.15) is 6.29 Å². The largest absolute Gasteiger partial charge is 0.303 e. The molecule has 0 aliphatic heterocycles. The van der Waals surface area contributed by atoms with Gasteiger partial charge in [0.25, 0.3) is 0 Å². The summed E-state index contributed by atoms with van der Waals surface area (Å²) in [5, 5.41) is 0. The third-order valence-corrected chi connectivity index (χ3v) is 1.49. The lowest BCUT2D eigenvalue weighted by molar-refractivity contribution is -0.107. The Bertz CT molecular complexity index is 307. The minimum absolute atomic E-state index is 0.0521. The van der Waals surface area contributed by atoms with Crippen molar-refractivity contribution in [1.29, 1.82) is 0 Å². The minimum Gasteiger partial charge on any atom is -0.303 e. The zero-order valence-corrected chi connectivity index (χ0v) is 6.78. The summed E-state index contributed by atoms with van der Waals surface area (Å²) in [6.07, 6.45) is 2.12. The second-order valence-electron chi connectivity index (χ2n) is 2.48. The van der Waals surface area contributed by atoms with Crippen LogP contribution < -0.4 is 0 Å². The Hall–Kier alpha value is -1.51. The van der Waals surface area contributed by atoms with Gasteiger partial charge in [0.15, 0.2) is 5.78 Å². The van der Waals surface area contributed by atoms with Crippen LogP contribution in [-0.2, 0) is 4.79 Å².